The molecule has 0 amide bonds. The summed E-state index contributed by atoms with van der Waals surface area (Å²) in [4.78, 5) is 10.5. The van der Waals surface area contributed by atoms with E-state index in [9.17, 15) is 9.90 Å². The minimum atomic E-state index is -1.38. The number of carboxylic acids is 1. The van der Waals surface area contributed by atoms with Crippen molar-refractivity contribution in [3.63, 3.8) is 0 Å². The second-order valence-electron chi connectivity index (χ2n) is 3.30. The SMILES string of the molecule is O=C(O)C(O)c1cc2n(c1)CCC2. The van der Waals surface area contributed by atoms with Gasteiger partial charge in [-0.15, -0.1) is 0 Å². The van der Waals surface area contributed by atoms with Crippen LogP contribution in [0, 0.1) is 0 Å². The van der Waals surface area contributed by atoms with E-state index in [1.54, 1.807) is 12.3 Å². The molecule has 1 unspecified atom stereocenters. The van der Waals surface area contributed by atoms with E-state index in [-0.39, 0.29) is 0 Å². The molecule has 4 heteroatoms. The van der Waals surface area contributed by atoms with Crippen molar-refractivity contribution in [3.8, 4) is 0 Å². The second kappa shape index (κ2) is 2.88. The van der Waals surface area contributed by atoms with Gasteiger partial charge >= 0.3 is 5.97 Å². The predicted molar refractivity (Wildman–Crippen MR) is 45.3 cm³/mol. The highest BCUT2D eigenvalue weighted by Gasteiger charge is 2.20. The van der Waals surface area contributed by atoms with Gasteiger partial charge in [-0.3, -0.25) is 0 Å². The summed E-state index contributed by atoms with van der Waals surface area (Å²) in [6.45, 7) is 0.932. The quantitative estimate of drug-likeness (QED) is 0.700. The van der Waals surface area contributed by atoms with Crippen molar-refractivity contribution in [3.05, 3.63) is 23.5 Å². The summed E-state index contributed by atoms with van der Waals surface area (Å²) in [5, 5.41) is 17.8. The van der Waals surface area contributed by atoms with Gasteiger partial charge in [0.05, 0.1) is 0 Å². The molecule has 0 fully saturated rings. The first kappa shape index (κ1) is 8.31. The number of hydrogen-bond donors (Lipinski definition) is 2. The van der Waals surface area contributed by atoms with Gasteiger partial charge in [0.1, 0.15) is 0 Å². The Balaban J connectivity index is 2.28. The van der Waals surface area contributed by atoms with Crippen LogP contribution < -0.4 is 0 Å². The molecule has 0 bridgehead atoms. The monoisotopic (exact) mass is 181 g/mol. The van der Waals surface area contributed by atoms with Crippen molar-refractivity contribution >= 4 is 5.97 Å². The van der Waals surface area contributed by atoms with Crippen LogP contribution in [0.5, 0.6) is 0 Å². The molecule has 1 aliphatic rings. The molecule has 4 nitrogen and oxygen atoms in total. The van der Waals surface area contributed by atoms with E-state index in [0.717, 1.165) is 25.1 Å². The lowest BCUT2D eigenvalue weighted by Gasteiger charge is -2.01. The van der Waals surface area contributed by atoms with E-state index in [1.165, 1.54) is 0 Å². The molecular weight excluding hydrogens is 170 g/mol. The Hall–Kier alpha value is -1.29. The smallest absolute Gasteiger partial charge is 0.337 e. The van der Waals surface area contributed by atoms with Gasteiger partial charge in [0, 0.05) is 24.0 Å². The molecular formula is C9H11NO3. The standard InChI is InChI=1S/C9H11NO3/c11-8(9(12)13)6-4-7-2-1-3-10(7)5-6/h4-5,8,11H,1-3H2,(H,12,13). The fraction of sp³-hybridized carbons (Fsp3) is 0.444. The zero-order valence-electron chi connectivity index (χ0n) is 7.10. The molecule has 0 spiro atoms. The van der Waals surface area contributed by atoms with Gasteiger partial charge in [0.2, 0.25) is 0 Å². The molecule has 1 aliphatic heterocycles. The lowest BCUT2D eigenvalue weighted by atomic mass is 10.1. The van der Waals surface area contributed by atoms with Crippen molar-refractivity contribution in [2.75, 3.05) is 0 Å². The van der Waals surface area contributed by atoms with Gasteiger partial charge in [0.25, 0.3) is 0 Å². The Morgan fingerprint density at radius 1 is 1.62 bits per heavy atom. The number of aliphatic hydroxyl groups excluding tert-OH is 1. The molecule has 0 saturated carbocycles. The van der Waals surface area contributed by atoms with E-state index in [1.807, 2.05) is 4.57 Å². The number of carboxylic acid groups (broad SMARTS) is 1. The van der Waals surface area contributed by atoms with Crippen LogP contribution in [-0.2, 0) is 17.8 Å². The number of aliphatic carboxylic acids is 1. The Morgan fingerprint density at radius 2 is 2.38 bits per heavy atom. The lowest BCUT2D eigenvalue weighted by molar-refractivity contribution is -0.146. The number of aliphatic hydroxyl groups is 1. The average Bonchev–Trinajstić information content (AvgIpc) is 2.59. The topological polar surface area (TPSA) is 62.5 Å². The molecule has 13 heavy (non-hydrogen) atoms. The highest BCUT2D eigenvalue weighted by atomic mass is 16.4. The van der Waals surface area contributed by atoms with Crippen LogP contribution in [0.4, 0.5) is 0 Å². The first-order valence-corrected chi connectivity index (χ1v) is 4.28. The van der Waals surface area contributed by atoms with E-state index in [0.29, 0.717) is 5.56 Å². The van der Waals surface area contributed by atoms with E-state index < -0.39 is 12.1 Å². The molecule has 2 heterocycles. The molecule has 0 radical (unpaired) electrons. The third-order valence-electron chi connectivity index (χ3n) is 2.39. The van der Waals surface area contributed by atoms with Gasteiger partial charge in [-0.1, -0.05) is 0 Å². The second-order valence-corrected chi connectivity index (χ2v) is 3.30. The van der Waals surface area contributed by atoms with Crippen molar-refractivity contribution in [2.45, 2.75) is 25.5 Å². The average molecular weight is 181 g/mol. The molecule has 0 aromatic carbocycles. The maximum Gasteiger partial charge on any atom is 0.337 e. The fourth-order valence-electron chi connectivity index (χ4n) is 1.72. The Labute approximate surface area is 75.4 Å². The normalized spacial score (nSPS) is 17.0. The van der Waals surface area contributed by atoms with E-state index >= 15 is 0 Å². The third kappa shape index (κ3) is 1.33. The highest BCUT2D eigenvalue weighted by Crippen LogP contribution is 2.22. The molecule has 70 valence electrons. The highest BCUT2D eigenvalue weighted by molar-refractivity contribution is 5.74. The van der Waals surface area contributed by atoms with E-state index in [2.05, 4.69) is 0 Å². The van der Waals surface area contributed by atoms with Crippen LogP contribution in [0.2, 0.25) is 0 Å². The van der Waals surface area contributed by atoms with Crippen LogP contribution in [0.3, 0.4) is 0 Å². The Bertz CT molecular complexity index is 321. The van der Waals surface area contributed by atoms with Crippen molar-refractivity contribution < 1.29 is 15.0 Å². The van der Waals surface area contributed by atoms with Crippen LogP contribution in [0.15, 0.2) is 12.3 Å². The number of aromatic nitrogens is 1. The number of aryl methyl sites for hydroxylation is 2. The van der Waals surface area contributed by atoms with Gasteiger partial charge < -0.3 is 14.8 Å². The molecule has 0 saturated heterocycles. The van der Waals surface area contributed by atoms with Gasteiger partial charge in [0.15, 0.2) is 6.10 Å². The number of rotatable bonds is 2. The summed E-state index contributed by atoms with van der Waals surface area (Å²) in [7, 11) is 0. The Kier molecular flexibility index (Phi) is 1.84. The summed E-state index contributed by atoms with van der Waals surface area (Å²) in [5.41, 5.74) is 1.61. The summed E-state index contributed by atoms with van der Waals surface area (Å²) < 4.78 is 2.00. The van der Waals surface area contributed by atoms with Gasteiger partial charge in [-0.05, 0) is 18.9 Å². The minimum absolute atomic E-state index is 0.488. The zero-order valence-corrected chi connectivity index (χ0v) is 7.10. The lowest BCUT2D eigenvalue weighted by Crippen LogP contribution is -2.09. The van der Waals surface area contributed by atoms with Crippen LogP contribution >= 0.6 is 0 Å². The Morgan fingerprint density at radius 3 is 3.00 bits per heavy atom. The first-order valence-electron chi connectivity index (χ1n) is 4.28. The largest absolute Gasteiger partial charge is 0.479 e. The van der Waals surface area contributed by atoms with E-state index in [4.69, 9.17) is 5.11 Å². The van der Waals surface area contributed by atoms with Crippen molar-refractivity contribution in [1.82, 2.24) is 4.57 Å². The summed E-state index contributed by atoms with van der Waals surface area (Å²) in [5.74, 6) is -1.19. The summed E-state index contributed by atoms with van der Waals surface area (Å²) >= 11 is 0. The van der Waals surface area contributed by atoms with Crippen molar-refractivity contribution in [1.29, 1.82) is 0 Å². The van der Waals surface area contributed by atoms with Crippen LogP contribution in [0.25, 0.3) is 0 Å². The molecule has 1 atom stereocenters. The maximum absolute atomic E-state index is 10.5. The number of carbonyl (C=O) groups is 1. The van der Waals surface area contributed by atoms with Crippen LogP contribution in [0.1, 0.15) is 23.8 Å². The number of hydrogen-bond acceptors (Lipinski definition) is 2. The predicted octanol–water partition coefficient (Wildman–Crippen LogP) is 0.552. The minimum Gasteiger partial charge on any atom is -0.479 e. The van der Waals surface area contributed by atoms with Crippen molar-refractivity contribution in [2.24, 2.45) is 0 Å². The fourth-order valence-corrected chi connectivity index (χ4v) is 1.72. The molecule has 1 aromatic rings. The summed E-state index contributed by atoms with van der Waals surface area (Å²) in [6, 6.07) is 1.77. The first-order chi connectivity index (χ1) is 6.18. The molecule has 2 N–H and O–H groups in total. The number of fused-ring (bicyclic) bond motifs is 1. The summed E-state index contributed by atoms with van der Waals surface area (Å²) in [6.07, 6.45) is 2.43. The van der Waals surface area contributed by atoms with Crippen LogP contribution in [-0.4, -0.2) is 20.7 Å². The van der Waals surface area contributed by atoms with Gasteiger partial charge in [-0.2, -0.15) is 0 Å². The third-order valence-corrected chi connectivity index (χ3v) is 2.39. The molecule has 2 rings (SSSR count). The molecule has 0 aliphatic carbocycles. The van der Waals surface area contributed by atoms with Gasteiger partial charge in [-0.25, -0.2) is 4.79 Å². The number of nitrogens with zero attached hydrogens (tertiary/aromatic N) is 1. The zero-order chi connectivity index (χ0) is 9.42. The maximum atomic E-state index is 10.5. The molecule has 1 aromatic heterocycles.